The minimum Gasteiger partial charge on any atom is -0.346 e. The van der Waals surface area contributed by atoms with E-state index in [1.807, 2.05) is 12.3 Å². The van der Waals surface area contributed by atoms with Gasteiger partial charge in [0.2, 0.25) is 5.95 Å². The van der Waals surface area contributed by atoms with Crippen molar-refractivity contribution in [2.24, 2.45) is 0 Å². The van der Waals surface area contributed by atoms with Crippen LogP contribution in [-0.4, -0.2) is 15.0 Å². The lowest BCUT2D eigenvalue weighted by Crippen LogP contribution is -1.88. The van der Waals surface area contributed by atoms with Crippen LogP contribution in [0.2, 0.25) is 0 Å². The van der Waals surface area contributed by atoms with Gasteiger partial charge in [0.15, 0.2) is 0 Å². The number of hydrogen-bond acceptors (Lipinski definition) is 2. The van der Waals surface area contributed by atoms with Crippen molar-refractivity contribution in [2.75, 3.05) is 0 Å². The number of benzene rings is 1. The van der Waals surface area contributed by atoms with Gasteiger partial charge < -0.3 is 4.98 Å². The van der Waals surface area contributed by atoms with Crippen LogP contribution < -0.4 is 0 Å². The van der Waals surface area contributed by atoms with E-state index in [1.165, 1.54) is 23.4 Å². The summed E-state index contributed by atoms with van der Waals surface area (Å²) in [6.45, 7) is 2.15. The third kappa shape index (κ3) is 3.03. The van der Waals surface area contributed by atoms with Gasteiger partial charge in [-0.3, -0.25) is 0 Å². The number of hydrogen-bond donors (Lipinski definition) is 1. The maximum atomic E-state index is 13.4. The molecule has 4 aromatic rings. The smallest absolute Gasteiger partial charge is 0.213 e. The SMILES string of the molecule is C.CCc1ccccc1-c1c[nH]c2ncc(-c3ccnc(F)c3)cc12. The standard InChI is InChI=1S/C20H16FN3.CH4/c1-2-13-5-3-4-6-16(13)18-12-24-20-17(18)9-15(11-23-20)14-7-8-22-19(21)10-14;/h3-12H,2H2,1H3,(H,23,24);1H4. The van der Waals surface area contributed by atoms with Crippen molar-refractivity contribution in [1.82, 2.24) is 15.0 Å². The van der Waals surface area contributed by atoms with E-state index in [2.05, 4.69) is 46.1 Å². The van der Waals surface area contributed by atoms with Gasteiger partial charge in [-0.05, 0) is 35.2 Å². The van der Waals surface area contributed by atoms with E-state index < -0.39 is 5.95 Å². The first kappa shape index (κ1) is 16.8. The van der Waals surface area contributed by atoms with Crippen LogP contribution in [0.3, 0.4) is 0 Å². The Hall–Kier alpha value is -3.01. The molecular formula is C21H20FN3. The predicted molar refractivity (Wildman–Crippen MR) is 101 cm³/mol. The Labute approximate surface area is 146 Å². The van der Waals surface area contributed by atoms with E-state index in [0.29, 0.717) is 0 Å². The van der Waals surface area contributed by atoms with Crippen LogP contribution in [0.1, 0.15) is 19.9 Å². The number of aromatic nitrogens is 3. The second-order valence-electron chi connectivity index (χ2n) is 5.70. The van der Waals surface area contributed by atoms with Gasteiger partial charge in [-0.2, -0.15) is 4.39 Å². The van der Waals surface area contributed by atoms with Crippen molar-refractivity contribution in [3.8, 4) is 22.3 Å². The minimum absolute atomic E-state index is 0. The second-order valence-corrected chi connectivity index (χ2v) is 5.70. The zero-order valence-corrected chi connectivity index (χ0v) is 13.3. The van der Waals surface area contributed by atoms with E-state index in [9.17, 15) is 4.39 Å². The van der Waals surface area contributed by atoms with Crippen molar-refractivity contribution in [3.05, 3.63) is 72.6 Å². The first-order valence-corrected chi connectivity index (χ1v) is 7.93. The van der Waals surface area contributed by atoms with Gasteiger partial charge in [0.25, 0.3) is 0 Å². The summed E-state index contributed by atoms with van der Waals surface area (Å²) in [6.07, 6.45) is 6.18. The third-order valence-corrected chi connectivity index (χ3v) is 4.28. The van der Waals surface area contributed by atoms with Gasteiger partial charge in [-0.25, -0.2) is 9.97 Å². The lowest BCUT2D eigenvalue weighted by Gasteiger charge is -2.07. The Kier molecular flexibility index (Phi) is 4.61. The molecule has 126 valence electrons. The number of fused-ring (bicyclic) bond motifs is 1. The highest BCUT2D eigenvalue weighted by Gasteiger charge is 2.11. The van der Waals surface area contributed by atoms with Gasteiger partial charge in [0.05, 0.1) is 0 Å². The molecular weight excluding hydrogens is 313 g/mol. The third-order valence-electron chi connectivity index (χ3n) is 4.28. The highest BCUT2D eigenvalue weighted by molar-refractivity contribution is 5.96. The van der Waals surface area contributed by atoms with Crippen molar-refractivity contribution in [3.63, 3.8) is 0 Å². The van der Waals surface area contributed by atoms with Crippen molar-refractivity contribution in [1.29, 1.82) is 0 Å². The summed E-state index contributed by atoms with van der Waals surface area (Å²) in [7, 11) is 0. The Morgan fingerprint density at radius 2 is 1.84 bits per heavy atom. The molecule has 0 saturated heterocycles. The molecule has 0 aliphatic heterocycles. The maximum Gasteiger partial charge on any atom is 0.213 e. The number of aromatic amines is 1. The van der Waals surface area contributed by atoms with Crippen LogP contribution in [-0.2, 0) is 6.42 Å². The van der Waals surface area contributed by atoms with Gasteiger partial charge in [0.1, 0.15) is 5.65 Å². The fourth-order valence-electron chi connectivity index (χ4n) is 3.06. The first-order valence-electron chi connectivity index (χ1n) is 7.93. The average Bonchev–Trinajstić information content (AvgIpc) is 3.04. The van der Waals surface area contributed by atoms with Crippen LogP contribution in [0.5, 0.6) is 0 Å². The molecule has 0 amide bonds. The topological polar surface area (TPSA) is 41.6 Å². The molecule has 1 N–H and O–H groups in total. The number of rotatable bonds is 3. The minimum atomic E-state index is -0.488. The van der Waals surface area contributed by atoms with Gasteiger partial charge >= 0.3 is 0 Å². The van der Waals surface area contributed by atoms with E-state index in [4.69, 9.17) is 0 Å². The summed E-state index contributed by atoms with van der Waals surface area (Å²) < 4.78 is 13.4. The molecule has 0 unspecified atom stereocenters. The average molecular weight is 333 g/mol. The molecule has 3 heterocycles. The number of pyridine rings is 2. The summed E-state index contributed by atoms with van der Waals surface area (Å²) >= 11 is 0. The van der Waals surface area contributed by atoms with Gasteiger partial charge in [0, 0.05) is 41.2 Å². The molecule has 1 aromatic carbocycles. The van der Waals surface area contributed by atoms with Crippen LogP contribution in [0.15, 0.2) is 61.1 Å². The van der Waals surface area contributed by atoms with Crippen molar-refractivity contribution in [2.45, 2.75) is 20.8 Å². The van der Waals surface area contributed by atoms with E-state index in [-0.39, 0.29) is 7.43 Å². The summed E-state index contributed by atoms with van der Waals surface area (Å²) in [5.41, 5.74) is 6.08. The summed E-state index contributed by atoms with van der Waals surface area (Å²) in [5.74, 6) is -0.488. The lowest BCUT2D eigenvalue weighted by atomic mass is 9.97. The van der Waals surface area contributed by atoms with Crippen LogP contribution in [0.25, 0.3) is 33.3 Å². The number of nitrogens with one attached hydrogen (secondary N) is 1. The molecule has 3 nitrogen and oxygen atoms in total. The fourth-order valence-corrected chi connectivity index (χ4v) is 3.06. The zero-order chi connectivity index (χ0) is 16.5. The van der Waals surface area contributed by atoms with Gasteiger partial charge in [-0.1, -0.05) is 38.6 Å². The number of halogens is 1. The molecule has 0 saturated carbocycles. The first-order chi connectivity index (χ1) is 11.8. The Balaban J connectivity index is 0.00000182. The van der Waals surface area contributed by atoms with Crippen molar-refractivity contribution < 1.29 is 4.39 Å². The molecule has 4 rings (SSSR count). The summed E-state index contributed by atoms with van der Waals surface area (Å²) in [6, 6.07) is 13.6. The number of H-pyrrole nitrogens is 1. The summed E-state index contributed by atoms with van der Waals surface area (Å²) in [4.78, 5) is 11.3. The van der Waals surface area contributed by atoms with Crippen LogP contribution in [0, 0.1) is 5.95 Å². The highest BCUT2D eigenvalue weighted by Crippen LogP contribution is 2.33. The van der Waals surface area contributed by atoms with E-state index in [0.717, 1.165) is 34.1 Å². The Morgan fingerprint density at radius 3 is 2.64 bits per heavy atom. The predicted octanol–water partition coefficient (Wildman–Crippen LogP) is 5.63. The number of aryl methyl sites for hydroxylation is 1. The lowest BCUT2D eigenvalue weighted by molar-refractivity contribution is 0.584. The number of nitrogens with zero attached hydrogens (tertiary/aromatic N) is 2. The summed E-state index contributed by atoms with van der Waals surface area (Å²) in [5, 5.41) is 1.03. The van der Waals surface area contributed by atoms with E-state index in [1.54, 1.807) is 12.3 Å². The molecule has 0 atom stereocenters. The molecule has 0 aliphatic rings. The molecule has 25 heavy (non-hydrogen) atoms. The molecule has 0 bridgehead atoms. The second kappa shape index (κ2) is 6.85. The molecule has 0 aliphatic carbocycles. The molecule has 4 heteroatoms. The normalized spacial score (nSPS) is 10.6. The zero-order valence-electron chi connectivity index (χ0n) is 13.3. The highest BCUT2D eigenvalue weighted by atomic mass is 19.1. The Bertz CT molecular complexity index is 1020. The van der Waals surface area contributed by atoms with Crippen LogP contribution in [0.4, 0.5) is 4.39 Å². The fraction of sp³-hybridized carbons (Fsp3) is 0.143. The molecule has 3 aromatic heterocycles. The molecule has 0 spiro atoms. The quantitative estimate of drug-likeness (QED) is 0.494. The molecule has 0 radical (unpaired) electrons. The monoisotopic (exact) mass is 333 g/mol. The largest absolute Gasteiger partial charge is 0.346 e. The van der Waals surface area contributed by atoms with Crippen LogP contribution >= 0.6 is 0 Å². The van der Waals surface area contributed by atoms with Gasteiger partial charge in [-0.15, -0.1) is 0 Å². The van der Waals surface area contributed by atoms with Crippen molar-refractivity contribution >= 4 is 11.0 Å². The van der Waals surface area contributed by atoms with E-state index >= 15 is 0 Å². The Morgan fingerprint density at radius 1 is 1.00 bits per heavy atom. The molecule has 0 fully saturated rings. The maximum absolute atomic E-state index is 13.4.